The zero-order valence-corrected chi connectivity index (χ0v) is 39.6. The van der Waals surface area contributed by atoms with E-state index in [-0.39, 0.29) is 30.9 Å². The van der Waals surface area contributed by atoms with Crippen molar-refractivity contribution in [2.24, 2.45) is 0 Å². The predicted molar refractivity (Wildman–Crippen MR) is 259 cm³/mol. The second-order valence-electron chi connectivity index (χ2n) is 16.9. The highest BCUT2D eigenvalue weighted by Gasteiger charge is 2.19. The van der Waals surface area contributed by atoms with Crippen LogP contribution in [0.3, 0.4) is 0 Å². The minimum absolute atomic E-state index is 0.0563. The number of esters is 1. The molecule has 62 heavy (non-hydrogen) atoms. The van der Waals surface area contributed by atoms with E-state index in [1.807, 2.05) is 0 Å². The maximum Gasteiger partial charge on any atom is 0.328 e. The summed E-state index contributed by atoms with van der Waals surface area (Å²) in [5.41, 5.74) is 0. The summed E-state index contributed by atoms with van der Waals surface area (Å²) in [7, 11) is 0. The number of hydrogen-bond acceptors (Lipinski definition) is 6. The van der Waals surface area contributed by atoms with Crippen molar-refractivity contribution in [3.05, 3.63) is 60.8 Å². The summed E-state index contributed by atoms with van der Waals surface area (Å²) >= 11 is 0. The molecule has 9 nitrogen and oxygen atoms in total. The van der Waals surface area contributed by atoms with E-state index in [2.05, 4.69) is 85.2 Å². The molecule has 0 spiro atoms. The first-order valence-corrected chi connectivity index (χ1v) is 25.2. The minimum Gasteiger partial charge on any atom is -0.480 e. The second-order valence-corrected chi connectivity index (χ2v) is 16.9. The van der Waals surface area contributed by atoms with Crippen LogP contribution in [-0.4, -0.2) is 59.3 Å². The number of aliphatic carboxylic acids is 1. The van der Waals surface area contributed by atoms with Crippen LogP contribution in [0.4, 0.5) is 0 Å². The van der Waals surface area contributed by atoms with Gasteiger partial charge in [-0.1, -0.05) is 171 Å². The summed E-state index contributed by atoms with van der Waals surface area (Å²) in [5.74, 6) is -2.33. The lowest BCUT2D eigenvalue weighted by Gasteiger charge is -2.18. The first-order valence-electron chi connectivity index (χ1n) is 25.2. The summed E-state index contributed by atoms with van der Waals surface area (Å²) in [6.45, 7) is 3.37. The van der Waals surface area contributed by atoms with E-state index in [1.165, 1.54) is 96.3 Å². The van der Waals surface area contributed by atoms with E-state index >= 15 is 0 Å². The van der Waals surface area contributed by atoms with Gasteiger partial charge in [-0.2, -0.15) is 0 Å². The van der Waals surface area contributed by atoms with Gasteiger partial charge in [-0.25, -0.2) is 4.79 Å². The van der Waals surface area contributed by atoms with Gasteiger partial charge in [0.25, 0.3) is 0 Å². The quantitative estimate of drug-likeness (QED) is 0.0271. The Morgan fingerprint density at radius 1 is 0.500 bits per heavy atom. The maximum atomic E-state index is 12.9. The lowest BCUT2D eigenvalue weighted by Crippen LogP contribution is -2.47. The molecular formula is C53H92N2O7. The van der Waals surface area contributed by atoms with Crippen LogP contribution < -0.4 is 10.6 Å². The Morgan fingerprint density at radius 3 is 1.44 bits per heavy atom. The number of carbonyl (C=O) groups excluding carboxylic acids is 3. The number of aliphatic hydroxyl groups excluding tert-OH is 1. The molecule has 0 radical (unpaired) electrons. The van der Waals surface area contributed by atoms with Crippen molar-refractivity contribution in [2.45, 2.75) is 238 Å². The van der Waals surface area contributed by atoms with Crippen LogP contribution in [0, 0.1) is 0 Å². The van der Waals surface area contributed by atoms with Gasteiger partial charge in [-0.3, -0.25) is 14.4 Å². The van der Waals surface area contributed by atoms with Crippen molar-refractivity contribution in [1.82, 2.24) is 10.6 Å². The molecule has 356 valence electrons. The van der Waals surface area contributed by atoms with Crippen LogP contribution in [-0.2, 0) is 23.9 Å². The molecule has 0 fully saturated rings. The summed E-state index contributed by atoms with van der Waals surface area (Å²) in [5, 5.41) is 22.6. The summed E-state index contributed by atoms with van der Waals surface area (Å²) in [4.78, 5) is 47.8. The van der Waals surface area contributed by atoms with Crippen LogP contribution in [0.5, 0.6) is 0 Å². The number of carboxylic acid groups (broad SMARTS) is 1. The standard InChI is InChI=1S/C53H92N2O7/c1-3-5-7-9-11-13-15-17-19-20-21-22-24-26-28-30-32-37-41-45-52(59)62-48(42-38-34-31-29-27-25-23-18-16-14-12-10-8-6-4-2)43-39-35-33-36-40-44-50(57)54-46-51(58)55-49(47-56)53(60)61/h6,8,12,14,17-19,23,27,29,48-49,56H,3-5,7,9-11,13,15-16,20-22,24-26,28,30-47H2,1-2H3,(H,54,57)(H,55,58)(H,60,61)/b8-6-,14-12-,19-17-,23-18-,29-27-. The second kappa shape index (κ2) is 47.0. The lowest BCUT2D eigenvalue weighted by atomic mass is 10.0. The summed E-state index contributed by atoms with van der Waals surface area (Å²) in [6, 6.07) is -1.39. The molecule has 2 atom stereocenters. The Kier molecular flexibility index (Phi) is 44.4. The number of nitrogens with one attached hydrogen (secondary N) is 2. The van der Waals surface area contributed by atoms with Gasteiger partial charge in [-0.05, 0) is 103 Å². The molecule has 0 aromatic heterocycles. The zero-order chi connectivity index (χ0) is 45.4. The number of ether oxygens (including phenoxy) is 1. The van der Waals surface area contributed by atoms with E-state index in [4.69, 9.17) is 14.9 Å². The van der Waals surface area contributed by atoms with E-state index in [9.17, 15) is 19.2 Å². The van der Waals surface area contributed by atoms with Crippen LogP contribution in [0.2, 0.25) is 0 Å². The van der Waals surface area contributed by atoms with Crippen molar-refractivity contribution >= 4 is 23.8 Å². The third-order valence-electron chi connectivity index (χ3n) is 11.0. The lowest BCUT2D eigenvalue weighted by molar-refractivity contribution is -0.150. The molecule has 9 heteroatoms. The Morgan fingerprint density at radius 2 is 0.919 bits per heavy atom. The molecule has 0 bridgehead atoms. The SMILES string of the molecule is CC/C=C\C/C=C\C/C=C\C/C=C\CCCCC(CCCCCCCC(=O)NCC(=O)NC(CO)C(=O)O)OC(=O)CCCCCCCCCCC/C=C\CCCCCCCC. The molecular weight excluding hydrogens is 777 g/mol. The molecule has 4 N–H and O–H groups in total. The average Bonchev–Trinajstić information content (AvgIpc) is 3.26. The van der Waals surface area contributed by atoms with Gasteiger partial charge in [0.15, 0.2) is 0 Å². The first-order chi connectivity index (χ1) is 30.3. The number of allylic oxidation sites excluding steroid dienone is 10. The van der Waals surface area contributed by atoms with Gasteiger partial charge in [0.05, 0.1) is 13.2 Å². The van der Waals surface area contributed by atoms with E-state index in [1.54, 1.807) is 0 Å². The van der Waals surface area contributed by atoms with Gasteiger partial charge < -0.3 is 25.6 Å². The normalized spacial score (nSPS) is 13.0. The number of aliphatic hydroxyl groups is 1. The summed E-state index contributed by atoms with van der Waals surface area (Å²) < 4.78 is 6.04. The number of rotatable bonds is 45. The van der Waals surface area contributed by atoms with E-state index in [0.29, 0.717) is 12.8 Å². The molecule has 0 heterocycles. The molecule has 2 amide bonds. The van der Waals surface area contributed by atoms with Gasteiger partial charge in [0, 0.05) is 12.8 Å². The Labute approximate surface area is 379 Å². The third-order valence-corrected chi connectivity index (χ3v) is 11.0. The largest absolute Gasteiger partial charge is 0.480 e. The van der Waals surface area contributed by atoms with Crippen molar-refractivity contribution < 1.29 is 34.1 Å². The topological polar surface area (TPSA) is 142 Å². The van der Waals surface area contributed by atoms with Gasteiger partial charge in [0.2, 0.25) is 11.8 Å². The monoisotopic (exact) mass is 869 g/mol. The van der Waals surface area contributed by atoms with E-state index in [0.717, 1.165) is 96.3 Å². The molecule has 0 saturated carbocycles. The molecule has 0 aliphatic rings. The van der Waals surface area contributed by atoms with Crippen molar-refractivity contribution in [3.8, 4) is 0 Å². The number of unbranched alkanes of at least 4 members (excludes halogenated alkanes) is 21. The Bertz CT molecular complexity index is 1220. The molecule has 0 saturated heterocycles. The average molecular weight is 869 g/mol. The first kappa shape index (κ1) is 58.5. The predicted octanol–water partition coefficient (Wildman–Crippen LogP) is 13.3. The molecule has 0 aromatic carbocycles. The fraction of sp³-hybridized carbons (Fsp3) is 0.736. The molecule has 0 aliphatic heterocycles. The van der Waals surface area contributed by atoms with Crippen molar-refractivity contribution in [1.29, 1.82) is 0 Å². The maximum absolute atomic E-state index is 12.9. The molecule has 0 rings (SSSR count). The van der Waals surface area contributed by atoms with Crippen molar-refractivity contribution in [2.75, 3.05) is 13.2 Å². The number of carbonyl (C=O) groups is 4. The molecule has 0 aliphatic carbocycles. The third kappa shape index (κ3) is 43.2. The van der Waals surface area contributed by atoms with Crippen LogP contribution in [0.1, 0.15) is 226 Å². The number of carboxylic acids is 1. The molecule has 0 aromatic rings. The Balaban J connectivity index is 4.37. The van der Waals surface area contributed by atoms with Gasteiger partial charge in [0.1, 0.15) is 12.1 Å². The fourth-order valence-electron chi connectivity index (χ4n) is 7.17. The van der Waals surface area contributed by atoms with E-state index < -0.39 is 24.5 Å². The summed E-state index contributed by atoms with van der Waals surface area (Å²) in [6.07, 6.45) is 58.2. The van der Waals surface area contributed by atoms with Gasteiger partial charge >= 0.3 is 11.9 Å². The van der Waals surface area contributed by atoms with Crippen LogP contribution in [0.25, 0.3) is 0 Å². The van der Waals surface area contributed by atoms with Crippen LogP contribution >= 0.6 is 0 Å². The smallest absolute Gasteiger partial charge is 0.328 e. The highest BCUT2D eigenvalue weighted by molar-refractivity contribution is 5.87. The Hall–Kier alpha value is -3.46. The zero-order valence-electron chi connectivity index (χ0n) is 39.6. The highest BCUT2D eigenvalue weighted by atomic mass is 16.5. The minimum atomic E-state index is -1.39. The highest BCUT2D eigenvalue weighted by Crippen LogP contribution is 2.18. The number of hydrogen-bond donors (Lipinski definition) is 4. The number of amides is 2. The van der Waals surface area contributed by atoms with Gasteiger partial charge in [-0.15, -0.1) is 0 Å². The molecule has 2 unspecified atom stereocenters. The van der Waals surface area contributed by atoms with Crippen molar-refractivity contribution in [3.63, 3.8) is 0 Å². The van der Waals surface area contributed by atoms with Crippen LogP contribution in [0.15, 0.2) is 60.8 Å². The fourth-order valence-corrected chi connectivity index (χ4v) is 7.17.